The first kappa shape index (κ1) is 16.9. The molecule has 5 nitrogen and oxygen atoms in total. The molecule has 1 aliphatic heterocycles. The highest BCUT2D eigenvalue weighted by molar-refractivity contribution is 7.15. The summed E-state index contributed by atoms with van der Waals surface area (Å²) in [6.07, 6.45) is 0. The molecule has 1 saturated heterocycles. The van der Waals surface area contributed by atoms with Gasteiger partial charge in [0.05, 0.1) is 18.1 Å². The van der Waals surface area contributed by atoms with Crippen LogP contribution in [0, 0.1) is 0 Å². The highest BCUT2D eigenvalue weighted by Gasteiger charge is 2.21. The fourth-order valence-corrected chi connectivity index (χ4v) is 3.39. The summed E-state index contributed by atoms with van der Waals surface area (Å²) in [4.78, 5) is 18.7. The maximum Gasteiger partial charge on any atom is 0.355 e. The molecule has 0 aliphatic carbocycles. The number of hydrogen-bond donors (Lipinski definition) is 1. The Bertz CT molecular complexity index is 627. The van der Waals surface area contributed by atoms with E-state index < -0.39 is 5.97 Å². The molecule has 0 amide bonds. The Labute approximate surface area is 139 Å². The van der Waals surface area contributed by atoms with Crippen LogP contribution in [0.25, 0.3) is 10.6 Å². The zero-order chi connectivity index (χ0) is 14.7. The number of halogens is 1. The molecule has 0 radical (unpaired) electrons. The first-order valence-electron chi connectivity index (χ1n) is 6.82. The van der Waals surface area contributed by atoms with Crippen molar-refractivity contribution in [3.8, 4) is 10.6 Å². The third-order valence-electron chi connectivity index (χ3n) is 3.39. The van der Waals surface area contributed by atoms with Crippen LogP contribution in [0.2, 0.25) is 0 Å². The smallest absolute Gasteiger partial charge is 0.355 e. The molecule has 2 aromatic rings. The van der Waals surface area contributed by atoms with Crippen molar-refractivity contribution in [1.82, 2.24) is 9.88 Å². The van der Waals surface area contributed by atoms with Crippen LogP contribution in [-0.2, 0) is 11.3 Å². The van der Waals surface area contributed by atoms with Gasteiger partial charge in [0, 0.05) is 25.2 Å². The predicted octanol–water partition coefficient (Wildman–Crippen LogP) is 2.76. The number of aromatic nitrogens is 1. The van der Waals surface area contributed by atoms with E-state index in [0.717, 1.165) is 28.5 Å². The first-order valence-corrected chi connectivity index (χ1v) is 7.64. The van der Waals surface area contributed by atoms with Crippen LogP contribution in [0.4, 0.5) is 0 Å². The lowest BCUT2D eigenvalue weighted by molar-refractivity contribution is 0.0343. The second-order valence-electron chi connectivity index (χ2n) is 4.85. The maximum absolute atomic E-state index is 11.4. The molecule has 7 heteroatoms. The number of aromatic carboxylic acids is 1. The highest BCUT2D eigenvalue weighted by atomic mass is 35.5. The fraction of sp³-hybridized carbons (Fsp3) is 0.333. The van der Waals surface area contributed by atoms with Gasteiger partial charge in [0.1, 0.15) is 5.01 Å². The van der Waals surface area contributed by atoms with Crippen LogP contribution >= 0.6 is 23.7 Å². The molecule has 1 aliphatic rings. The zero-order valence-electron chi connectivity index (χ0n) is 11.9. The van der Waals surface area contributed by atoms with Gasteiger partial charge < -0.3 is 9.84 Å². The summed E-state index contributed by atoms with van der Waals surface area (Å²) >= 11 is 1.46. The van der Waals surface area contributed by atoms with Crippen LogP contribution in [0.3, 0.4) is 0 Å². The molecular formula is C15H17ClN2O3S. The molecule has 2 heterocycles. The number of carboxylic acid groups (broad SMARTS) is 1. The summed E-state index contributed by atoms with van der Waals surface area (Å²) in [6, 6.07) is 9.69. The van der Waals surface area contributed by atoms with Crippen LogP contribution in [0.15, 0.2) is 30.3 Å². The van der Waals surface area contributed by atoms with Gasteiger partial charge in [-0.25, -0.2) is 9.78 Å². The minimum atomic E-state index is -0.961. The second kappa shape index (κ2) is 7.69. The largest absolute Gasteiger partial charge is 0.476 e. The fourth-order valence-electron chi connectivity index (χ4n) is 2.29. The molecule has 1 aromatic heterocycles. The third kappa shape index (κ3) is 3.84. The molecule has 1 fully saturated rings. The molecule has 0 atom stereocenters. The maximum atomic E-state index is 11.4. The number of ether oxygens (including phenoxy) is 1. The van der Waals surface area contributed by atoms with Crippen LogP contribution in [0.5, 0.6) is 0 Å². The van der Waals surface area contributed by atoms with E-state index in [2.05, 4.69) is 9.88 Å². The number of morpholine rings is 1. The van der Waals surface area contributed by atoms with E-state index in [-0.39, 0.29) is 18.1 Å². The normalized spacial score (nSPS) is 15.3. The average Bonchev–Trinajstić information content (AvgIpc) is 2.93. The highest BCUT2D eigenvalue weighted by Crippen LogP contribution is 2.29. The Morgan fingerprint density at radius 1 is 1.27 bits per heavy atom. The van der Waals surface area contributed by atoms with Crippen LogP contribution in [0.1, 0.15) is 15.4 Å². The minimum absolute atomic E-state index is 0. The number of carbonyl (C=O) groups is 1. The Hall–Kier alpha value is -1.47. The number of thiazole rings is 1. The Morgan fingerprint density at radius 3 is 2.59 bits per heavy atom. The SMILES string of the molecule is Cl.O=C(O)c1nc(-c2ccccc2)sc1CN1CCOCC1. The van der Waals surface area contributed by atoms with Crippen molar-refractivity contribution in [2.24, 2.45) is 0 Å². The molecule has 22 heavy (non-hydrogen) atoms. The van der Waals surface area contributed by atoms with E-state index in [4.69, 9.17) is 4.74 Å². The van der Waals surface area contributed by atoms with Gasteiger partial charge in [0.15, 0.2) is 5.69 Å². The second-order valence-corrected chi connectivity index (χ2v) is 5.93. The summed E-state index contributed by atoms with van der Waals surface area (Å²) in [5.74, 6) is -0.961. The Balaban J connectivity index is 0.00000176. The molecule has 0 unspecified atom stereocenters. The van der Waals surface area contributed by atoms with E-state index in [9.17, 15) is 9.90 Å². The molecule has 0 bridgehead atoms. The van der Waals surface area contributed by atoms with Crippen molar-refractivity contribution < 1.29 is 14.6 Å². The summed E-state index contributed by atoms with van der Waals surface area (Å²) in [5, 5.41) is 10.1. The predicted molar refractivity (Wildman–Crippen MR) is 87.9 cm³/mol. The van der Waals surface area contributed by atoms with E-state index >= 15 is 0 Å². The van der Waals surface area contributed by atoms with Gasteiger partial charge in [-0.05, 0) is 0 Å². The Morgan fingerprint density at radius 2 is 1.95 bits per heavy atom. The number of benzene rings is 1. The van der Waals surface area contributed by atoms with Gasteiger partial charge in [-0.2, -0.15) is 0 Å². The van der Waals surface area contributed by atoms with Crippen LogP contribution < -0.4 is 0 Å². The average molecular weight is 341 g/mol. The van der Waals surface area contributed by atoms with Gasteiger partial charge in [-0.3, -0.25) is 4.90 Å². The van der Waals surface area contributed by atoms with Gasteiger partial charge in [-0.1, -0.05) is 30.3 Å². The molecule has 0 spiro atoms. The van der Waals surface area contributed by atoms with Gasteiger partial charge >= 0.3 is 5.97 Å². The molecule has 118 valence electrons. The first-order chi connectivity index (χ1) is 10.2. The van der Waals surface area contributed by atoms with Gasteiger partial charge in [-0.15, -0.1) is 23.7 Å². The van der Waals surface area contributed by atoms with Crippen molar-refractivity contribution in [1.29, 1.82) is 0 Å². The van der Waals surface area contributed by atoms with E-state index in [1.54, 1.807) is 0 Å². The van der Waals surface area contributed by atoms with Gasteiger partial charge in [0.25, 0.3) is 0 Å². The number of nitrogens with zero attached hydrogens (tertiary/aromatic N) is 2. The summed E-state index contributed by atoms with van der Waals surface area (Å²) in [5.41, 5.74) is 1.13. The molecule has 1 N–H and O–H groups in total. The summed E-state index contributed by atoms with van der Waals surface area (Å²) in [6.45, 7) is 3.68. The lowest BCUT2D eigenvalue weighted by Gasteiger charge is -2.25. The molecule has 1 aromatic carbocycles. The van der Waals surface area contributed by atoms with Crippen LogP contribution in [-0.4, -0.2) is 47.3 Å². The minimum Gasteiger partial charge on any atom is -0.476 e. The van der Waals surface area contributed by atoms with Crippen molar-refractivity contribution in [2.45, 2.75) is 6.54 Å². The van der Waals surface area contributed by atoms with Crippen molar-refractivity contribution >= 4 is 29.7 Å². The number of hydrogen-bond acceptors (Lipinski definition) is 5. The number of rotatable bonds is 4. The summed E-state index contributed by atoms with van der Waals surface area (Å²) < 4.78 is 5.32. The summed E-state index contributed by atoms with van der Waals surface area (Å²) in [7, 11) is 0. The monoisotopic (exact) mass is 340 g/mol. The lowest BCUT2D eigenvalue weighted by atomic mass is 10.2. The van der Waals surface area contributed by atoms with Gasteiger partial charge in [0.2, 0.25) is 0 Å². The third-order valence-corrected chi connectivity index (χ3v) is 4.48. The van der Waals surface area contributed by atoms with E-state index in [0.29, 0.717) is 19.8 Å². The quantitative estimate of drug-likeness (QED) is 0.927. The van der Waals surface area contributed by atoms with E-state index in [1.165, 1.54) is 11.3 Å². The lowest BCUT2D eigenvalue weighted by Crippen LogP contribution is -2.35. The topological polar surface area (TPSA) is 62.7 Å². The molecular weight excluding hydrogens is 324 g/mol. The number of carboxylic acids is 1. The molecule has 0 saturated carbocycles. The zero-order valence-corrected chi connectivity index (χ0v) is 13.5. The van der Waals surface area contributed by atoms with Crippen molar-refractivity contribution in [3.63, 3.8) is 0 Å². The molecule has 3 rings (SSSR count). The Kier molecular flexibility index (Phi) is 5.90. The van der Waals surface area contributed by atoms with Crippen molar-refractivity contribution in [2.75, 3.05) is 26.3 Å². The van der Waals surface area contributed by atoms with E-state index in [1.807, 2.05) is 30.3 Å². The van der Waals surface area contributed by atoms with Crippen molar-refractivity contribution in [3.05, 3.63) is 40.9 Å². The standard InChI is InChI=1S/C15H16N2O3S.ClH/c18-15(19)13-12(10-17-6-8-20-9-7-17)21-14(16-13)11-4-2-1-3-5-11;/h1-5H,6-10H2,(H,18,19);1H.